The average molecular weight is 354 g/mol. The molecule has 0 atom stereocenters. The third kappa shape index (κ3) is 3.66. The average Bonchev–Trinajstić information content (AvgIpc) is 2.97. The van der Waals surface area contributed by atoms with E-state index in [1.165, 1.54) is 0 Å². The van der Waals surface area contributed by atoms with Gasteiger partial charge in [0.2, 0.25) is 5.91 Å². The summed E-state index contributed by atoms with van der Waals surface area (Å²) in [5.41, 5.74) is 4.64. The number of fused-ring (bicyclic) bond motifs is 3. The summed E-state index contributed by atoms with van der Waals surface area (Å²) in [5.74, 6) is -0.934. The van der Waals surface area contributed by atoms with Gasteiger partial charge in [-0.25, -0.2) is 9.50 Å². The van der Waals surface area contributed by atoms with Crippen molar-refractivity contribution in [3.05, 3.63) is 41.2 Å². The number of rotatable bonds is 7. The number of nitrogens with one attached hydrogen (secondary N) is 1. The maximum absolute atomic E-state index is 12.0. The van der Waals surface area contributed by atoms with Crippen LogP contribution in [-0.4, -0.2) is 38.1 Å². The Morgan fingerprint density at radius 2 is 1.96 bits per heavy atom. The molecule has 136 valence electrons. The smallest absolute Gasteiger partial charge is 0.303 e. The number of aryl methyl sites for hydroxylation is 2. The molecule has 0 aliphatic rings. The predicted molar refractivity (Wildman–Crippen MR) is 98.2 cm³/mol. The number of hydrogen-bond acceptors (Lipinski definition) is 4. The van der Waals surface area contributed by atoms with E-state index in [1.807, 2.05) is 42.6 Å². The van der Waals surface area contributed by atoms with Crippen molar-refractivity contribution in [2.75, 3.05) is 6.54 Å². The van der Waals surface area contributed by atoms with Crippen LogP contribution in [0.5, 0.6) is 0 Å². The second-order valence-corrected chi connectivity index (χ2v) is 6.36. The molecule has 0 fully saturated rings. The van der Waals surface area contributed by atoms with Crippen LogP contribution in [-0.2, 0) is 16.0 Å². The number of nitrogens with zero attached hydrogens (tertiary/aromatic N) is 3. The van der Waals surface area contributed by atoms with E-state index in [0.717, 1.165) is 33.5 Å². The third-order valence-corrected chi connectivity index (χ3v) is 4.51. The Morgan fingerprint density at radius 1 is 1.19 bits per heavy atom. The fourth-order valence-corrected chi connectivity index (χ4v) is 3.13. The number of aliphatic carboxylic acids is 1. The highest BCUT2D eigenvalue weighted by Crippen LogP contribution is 2.22. The molecule has 0 aliphatic heterocycles. The zero-order valence-electron chi connectivity index (χ0n) is 15.0. The molecule has 0 bridgehead atoms. The third-order valence-electron chi connectivity index (χ3n) is 4.51. The molecule has 0 saturated carbocycles. The Morgan fingerprint density at radius 3 is 2.73 bits per heavy atom. The number of amides is 1. The number of carbonyl (C=O) groups is 2. The molecule has 3 rings (SSSR count). The normalized spacial score (nSPS) is 11.2. The number of aromatic nitrogens is 3. The van der Waals surface area contributed by atoms with Crippen molar-refractivity contribution < 1.29 is 14.7 Å². The van der Waals surface area contributed by atoms with Crippen LogP contribution in [0.2, 0.25) is 0 Å². The van der Waals surface area contributed by atoms with Crippen LogP contribution in [0.4, 0.5) is 0 Å². The molecule has 2 aromatic heterocycles. The van der Waals surface area contributed by atoms with Gasteiger partial charge in [0.05, 0.1) is 5.52 Å². The summed E-state index contributed by atoms with van der Waals surface area (Å²) < 4.78 is 1.85. The predicted octanol–water partition coefficient (Wildman–Crippen LogP) is 2.41. The first-order chi connectivity index (χ1) is 12.5. The largest absolute Gasteiger partial charge is 0.481 e. The van der Waals surface area contributed by atoms with E-state index >= 15 is 0 Å². The van der Waals surface area contributed by atoms with Crippen LogP contribution in [0.1, 0.15) is 36.2 Å². The molecule has 7 nitrogen and oxygen atoms in total. The molecule has 0 spiro atoms. The summed E-state index contributed by atoms with van der Waals surface area (Å²) in [7, 11) is 0. The summed E-state index contributed by atoms with van der Waals surface area (Å²) in [5, 5.41) is 17.0. The van der Waals surface area contributed by atoms with E-state index in [1.54, 1.807) is 0 Å². The van der Waals surface area contributed by atoms with Crippen LogP contribution >= 0.6 is 0 Å². The maximum atomic E-state index is 12.0. The van der Waals surface area contributed by atoms with Crippen molar-refractivity contribution in [1.82, 2.24) is 19.9 Å². The van der Waals surface area contributed by atoms with Crippen molar-refractivity contribution in [3.63, 3.8) is 0 Å². The Balaban J connectivity index is 1.73. The van der Waals surface area contributed by atoms with Crippen LogP contribution < -0.4 is 5.32 Å². The summed E-state index contributed by atoms with van der Waals surface area (Å²) in [6, 6.07) is 7.89. The molecule has 2 heterocycles. The van der Waals surface area contributed by atoms with Crippen LogP contribution in [0.25, 0.3) is 16.6 Å². The molecule has 0 radical (unpaired) electrons. The zero-order chi connectivity index (χ0) is 18.7. The van der Waals surface area contributed by atoms with E-state index < -0.39 is 5.97 Å². The highest BCUT2D eigenvalue weighted by atomic mass is 16.4. The first kappa shape index (κ1) is 17.8. The van der Waals surface area contributed by atoms with Gasteiger partial charge in [0, 0.05) is 36.2 Å². The van der Waals surface area contributed by atoms with Gasteiger partial charge in [-0.15, -0.1) is 0 Å². The van der Waals surface area contributed by atoms with Crippen LogP contribution in [0.3, 0.4) is 0 Å². The minimum Gasteiger partial charge on any atom is -0.481 e. The number of hydrogen-bond donors (Lipinski definition) is 2. The van der Waals surface area contributed by atoms with Gasteiger partial charge in [-0.1, -0.05) is 12.1 Å². The van der Waals surface area contributed by atoms with E-state index in [-0.39, 0.29) is 12.3 Å². The fourth-order valence-electron chi connectivity index (χ4n) is 3.13. The second kappa shape index (κ2) is 7.51. The van der Waals surface area contributed by atoms with E-state index in [0.29, 0.717) is 25.8 Å². The number of benzene rings is 1. The fraction of sp³-hybridized carbons (Fsp3) is 0.368. The Kier molecular flexibility index (Phi) is 5.16. The molecule has 0 aliphatic carbocycles. The lowest BCUT2D eigenvalue weighted by atomic mass is 10.1. The molecule has 2 N–H and O–H groups in total. The molecule has 1 amide bonds. The maximum Gasteiger partial charge on any atom is 0.303 e. The SMILES string of the molecule is Cc1nc2c3ccccc3nn2c(C)c1CCC(=O)NCCCC(=O)O. The minimum absolute atomic E-state index is 0.0615. The Bertz CT molecular complexity index is 978. The number of carboxylic acids is 1. The lowest BCUT2D eigenvalue weighted by Gasteiger charge is -2.11. The molecule has 0 saturated heterocycles. The Labute approximate surface area is 151 Å². The molecule has 7 heteroatoms. The highest BCUT2D eigenvalue weighted by Gasteiger charge is 2.14. The molecular formula is C19H22N4O3. The summed E-state index contributed by atoms with van der Waals surface area (Å²) in [4.78, 5) is 27.2. The highest BCUT2D eigenvalue weighted by molar-refractivity contribution is 5.92. The summed E-state index contributed by atoms with van der Waals surface area (Å²) >= 11 is 0. The van der Waals surface area contributed by atoms with Crippen molar-refractivity contribution in [1.29, 1.82) is 0 Å². The van der Waals surface area contributed by atoms with Gasteiger partial charge < -0.3 is 10.4 Å². The molecule has 3 aromatic rings. The monoisotopic (exact) mass is 354 g/mol. The minimum atomic E-state index is -0.850. The van der Waals surface area contributed by atoms with Gasteiger partial charge in [0.25, 0.3) is 0 Å². The van der Waals surface area contributed by atoms with Crippen molar-refractivity contribution >= 4 is 28.4 Å². The first-order valence-corrected chi connectivity index (χ1v) is 8.69. The Hall–Kier alpha value is -2.96. The van der Waals surface area contributed by atoms with Gasteiger partial charge in [-0.05, 0) is 44.4 Å². The van der Waals surface area contributed by atoms with Crippen molar-refractivity contribution in [2.45, 2.75) is 39.5 Å². The van der Waals surface area contributed by atoms with Crippen LogP contribution in [0, 0.1) is 13.8 Å². The zero-order valence-corrected chi connectivity index (χ0v) is 15.0. The molecule has 1 aromatic carbocycles. The van der Waals surface area contributed by atoms with Gasteiger partial charge >= 0.3 is 5.97 Å². The number of carbonyl (C=O) groups excluding carboxylic acids is 1. The lowest BCUT2D eigenvalue weighted by molar-refractivity contribution is -0.137. The first-order valence-electron chi connectivity index (χ1n) is 8.69. The van der Waals surface area contributed by atoms with E-state index in [9.17, 15) is 9.59 Å². The van der Waals surface area contributed by atoms with Crippen molar-refractivity contribution in [2.24, 2.45) is 0 Å². The van der Waals surface area contributed by atoms with Gasteiger partial charge in [-0.3, -0.25) is 9.59 Å². The number of carboxylic acid groups (broad SMARTS) is 1. The van der Waals surface area contributed by atoms with Gasteiger partial charge in [-0.2, -0.15) is 5.10 Å². The molecule has 0 unspecified atom stereocenters. The van der Waals surface area contributed by atoms with Gasteiger partial charge in [0.15, 0.2) is 5.65 Å². The molecule has 26 heavy (non-hydrogen) atoms. The lowest BCUT2D eigenvalue weighted by Crippen LogP contribution is -2.25. The topological polar surface area (TPSA) is 96.6 Å². The van der Waals surface area contributed by atoms with Crippen molar-refractivity contribution in [3.8, 4) is 0 Å². The van der Waals surface area contributed by atoms with E-state index in [2.05, 4.69) is 10.4 Å². The summed E-state index contributed by atoms with van der Waals surface area (Å²) in [6.07, 6.45) is 1.41. The standard InChI is InChI=1S/C19H22N4O3/c1-12-14(9-10-17(24)20-11-5-8-18(25)26)13(2)23-19(21-12)15-6-3-4-7-16(15)22-23/h3-4,6-7H,5,8-11H2,1-2H3,(H,20,24)(H,25,26). The van der Waals surface area contributed by atoms with Crippen LogP contribution in [0.15, 0.2) is 24.3 Å². The second-order valence-electron chi connectivity index (χ2n) is 6.36. The quantitative estimate of drug-likeness (QED) is 0.635. The van der Waals surface area contributed by atoms with E-state index in [4.69, 9.17) is 10.1 Å². The summed E-state index contributed by atoms with van der Waals surface area (Å²) in [6.45, 7) is 4.33. The molecular weight excluding hydrogens is 332 g/mol. The van der Waals surface area contributed by atoms with Gasteiger partial charge in [0.1, 0.15) is 0 Å².